The van der Waals surface area contributed by atoms with E-state index in [9.17, 15) is 23.1 Å². The lowest BCUT2D eigenvalue weighted by Gasteiger charge is -2.32. The van der Waals surface area contributed by atoms with Crippen molar-refractivity contribution in [3.8, 4) is 0 Å². The Morgan fingerprint density at radius 2 is 2.23 bits per heavy atom. The van der Waals surface area contributed by atoms with Gasteiger partial charge in [-0.3, -0.25) is 9.36 Å². The SMILES string of the molecule is O=c1[nH]cnc2c1ncn2[C@H]1C[C@H](O)[C@](CO)(C(F)(F)F)O1. The van der Waals surface area contributed by atoms with Crippen LogP contribution in [0.5, 0.6) is 0 Å². The maximum Gasteiger partial charge on any atom is 0.422 e. The summed E-state index contributed by atoms with van der Waals surface area (Å²) in [5.41, 5.74) is -3.66. The molecule has 0 saturated carbocycles. The number of aliphatic hydroxyl groups is 2. The maximum atomic E-state index is 13.1. The Labute approximate surface area is 120 Å². The first kappa shape index (κ1) is 14.9. The van der Waals surface area contributed by atoms with Crippen molar-refractivity contribution in [1.82, 2.24) is 19.5 Å². The quantitative estimate of drug-likeness (QED) is 0.700. The van der Waals surface area contributed by atoms with Crippen molar-refractivity contribution in [1.29, 1.82) is 0 Å². The number of aromatic nitrogens is 4. The van der Waals surface area contributed by atoms with Gasteiger partial charge in [-0.1, -0.05) is 0 Å². The molecule has 0 bridgehead atoms. The number of aliphatic hydroxyl groups excluding tert-OH is 2. The number of hydrogen-bond acceptors (Lipinski definition) is 6. The first-order valence-electron chi connectivity index (χ1n) is 6.24. The van der Waals surface area contributed by atoms with Gasteiger partial charge in [0.05, 0.1) is 25.4 Å². The molecular formula is C11H11F3N4O4. The van der Waals surface area contributed by atoms with E-state index in [4.69, 9.17) is 9.84 Å². The van der Waals surface area contributed by atoms with Crippen LogP contribution in [-0.4, -0.2) is 54.2 Å². The number of aromatic amines is 1. The topological polar surface area (TPSA) is 113 Å². The van der Waals surface area contributed by atoms with Gasteiger partial charge in [0.25, 0.3) is 5.56 Å². The fourth-order valence-corrected chi connectivity index (χ4v) is 2.48. The zero-order chi connectivity index (χ0) is 16.1. The van der Waals surface area contributed by atoms with Gasteiger partial charge in [-0.15, -0.1) is 0 Å². The first-order valence-corrected chi connectivity index (χ1v) is 6.24. The smallest absolute Gasteiger partial charge is 0.393 e. The Hall–Kier alpha value is -1.98. The van der Waals surface area contributed by atoms with E-state index < -0.39 is 42.7 Å². The number of hydrogen-bond donors (Lipinski definition) is 3. The maximum absolute atomic E-state index is 13.1. The molecule has 3 rings (SSSR count). The molecule has 3 N–H and O–H groups in total. The summed E-state index contributed by atoms with van der Waals surface area (Å²) < 4.78 is 45.4. The van der Waals surface area contributed by atoms with Crippen molar-refractivity contribution in [2.45, 2.75) is 30.5 Å². The molecule has 1 aliphatic rings. The number of halogens is 3. The Kier molecular flexibility index (Phi) is 3.23. The Bertz CT molecular complexity index is 758. The van der Waals surface area contributed by atoms with Crippen molar-refractivity contribution in [3.05, 3.63) is 23.0 Å². The number of H-pyrrole nitrogens is 1. The number of fused-ring (bicyclic) bond motifs is 1. The number of imidazole rings is 1. The summed E-state index contributed by atoms with van der Waals surface area (Å²) in [4.78, 5) is 21.4. The molecule has 0 aliphatic carbocycles. The molecule has 0 radical (unpaired) electrons. The van der Waals surface area contributed by atoms with Gasteiger partial charge in [0, 0.05) is 6.42 Å². The fraction of sp³-hybridized carbons (Fsp3) is 0.545. The van der Waals surface area contributed by atoms with Crippen LogP contribution >= 0.6 is 0 Å². The molecule has 3 atom stereocenters. The Balaban J connectivity index is 2.04. The average Bonchev–Trinajstić information content (AvgIpc) is 3.00. The number of nitrogens with zero attached hydrogens (tertiary/aromatic N) is 3. The van der Waals surface area contributed by atoms with E-state index in [2.05, 4.69) is 15.0 Å². The molecule has 0 amide bonds. The number of ether oxygens (including phenoxy) is 1. The highest BCUT2D eigenvalue weighted by Crippen LogP contribution is 2.46. The summed E-state index contributed by atoms with van der Waals surface area (Å²) in [7, 11) is 0. The van der Waals surface area contributed by atoms with Gasteiger partial charge in [-0.2, -0.15) is 13.2 Å². The van der Waals surface area contributed by atoms with Crippen LogP contribution in [0.2, 0.25) is 0 Å². The van der Waals surface area contributed by atoms with Crippen molar-refractivity contribution in [2.24, 2.45) is 0 Å². The van der Waals surface area contributed by atoms with E-state index in [0.29, 0.717) is 0 Å². The lowest BCUT2D eigenvalue weighted by atomic mass is 9.97. The molecule has 3 heterocycles. The largest absolute Gasteiger partial charge is 0.422 e. The predicted molar refractivity (Wildman–Crippen MR) is 64.8 cm³/mol. The lowest BCUT2D eigenvalue weighted by molar-refractivity contribution is -0.305. The predicted octanol–water partition coefficient (Wildman–Crippen LogP) is -0.307. The van der Waals surface area contributed by atoms with E-state index >= 15 is 0 Å². The summed E-state index contributed by atoms with van der Waals surface area (Å²) in [5, 5.41) is 18.8. The number of nitrogens with one attached hydrogen (secondary N) is 1. The minimum atomic E-state index is -4.96. The third kappa shape index (κ3) is 1.93. The van der Waals surface area contributed by atoms with Crippen molar-refractivity contribution in [2.75, 3.05) is 6.61 Å². The van der Waals surface area contributed by atoms with Crippen LogP contribution in [0.15, 0.2) is 17.4 Å². The molecule has 0 aromatic carbocycles. The second-order valence-corrected chi connectivity index (χ2v) is 4.93. The normalized spacial score (nSPS) is 29.3. The molecule has 8 nitrogen and oxygen atoms in total. The molecule has 22 heavy (non-hydrogen) atoms. The molecule has 1 saturated heterocycles. The van der Waals surface area contributed by atoms with Crippen LogP contribution in [0.25, 0.3) is 11.2 Å². The minimum absolute atomic E-state index is 0.0249. The van der Waals surface area contributed by atoms with Crippen LogP contribution in [0.1, 0.15) is 12.6 Å². The van der Waals surface area contributed by atoms with Gasteiger partial charge >= 0.3 is 6.18 Å². The highest BCUT2D eigenvalue weighted by Gasteiger charge is 2.65. The van der Waals surface area contributed by atoms with Gasteiger partial charge in [0.15, 0.2) is 11.2 Å². The van der Waals surface area contributed by atoms with Gasteiger partial charge in [-0.05, 0) is 0 Å². The van der Waals surface area contributed by atoms with Gasteiger partial charge in [0.2, 0.25) is 5.60 Å². The Morgan fingerprint density at radius 1 is 1.50 bits per heavy atom. The molecule has 2 aromatic rings. The fourth-order valence-electron chi connectivity index (χ4n) is 2.48. The lowest BCUT2D eigenvalue weighted by Crippen LogP contribution is -2.55. The molecule has 1 fully saturated rings. The zero-order valence-electron chi connectivity index (χ0n) is 10.9. The summed E-state index contributed by atoms with van der Waals surface area (Å²) in [6.45, 7) is -1.42. The highest BCUT2D eigenvalue weighted by atomic mass is 19.4. The molecule has 11 heteroatoms. The van der Waals surface area contributed by atoms with Gasteiger partial charge in [0.1, 0.15) is 6.23 Å². The van der Waals surface area contributed by atoms with Crippen molar-refractivity contribution in [3.63, 3.8) is 0 Å². The summed E-state index contributed by atoms with van der Waals surface area (Å²) >= 11 is 0. The third-order valence-electron chi connectivity index (χ3n) is 3.70. The van der Waals surface area contributed by atoms with E-state index in [1.807, 2.05) is 0 Å². The molecule has 0 unspecified atom stereocenters. The number of rotatable bonds is 2. The zero-order valence-corrected chi connectivity index (χ0v) is 10.9. The summed E-state index contributed by atoms with van der Waals surface area (Å²) in [6, 6.07) is 0. The second-order valence-electron chi connectivity index (χ2n) is 4.93. The van der Waals surface area contributed by atoms with Crippen molar-refractivity contribution >= 4 is 11.2 Å². The van der Waals surface area contributed by atoms with E-state index in [1.54, 1.807) is 0 Å². The molecule has 1 aliphatic heterocycles. The Morgan fingerprint density at radius 3 is 2.82 bits per heavy atom. The monoisotopic (exact) mass is 320 g/mol. The number of alkyl halides is 3. The van der Waals surface area contributed by atoms with Crippen molar-refractivity contribution < 1.29 is 28.1 Å². The van der Waals surface area contributed by atoms with Gasteiger partial charge in [-0.25, -0.2) is 9.97 Å². The van der Waals surface area contributed by atoms with Crippen LogP contribution in [0.4, 0.5) is 13.2 Å². The molecule has 120 valence electrons. The van der Waals surface area contributed by atoms with E-state index in [1.165, 1.54) is 0 Å². The molecular weight excluding hydrogens is 309 g/mol. The summed E-state index contributed by atoms with van der Waals surface area (Å²) in [5.74, 6) is 0. The molecule has 0 spiro atoms. The van der Waals surface area contributed by atoms with Crippen LogP contribution in [0, 0.1) is 0 Å². The first-order chi connectivity index (χ1) is 10.3. The standard InChI is InChI=1S/C11H11F3N4O4/c12-11(13,14)10(2-19)5(20)1-6(22-10)18-4-17-7-8(18)15-3-16-9(7)21/h3-6,19-20H,1-2H2,(H,15,16,21)/t5-,6+,10+/m0/s1. The van der Waals surface area contributed by atoms with Crippen LogP contribution in [0.3, 0.4) is 0 Å². The van der Waals surface area contributed by atoms with Crippen LogP contribution < -0.4 is 5.56 Å². The molecule has 2 aromatic heterocycles. The highest BCUT2D eigenvalue weighted by molar-refractivity contribution is 5.68. The van der Waals surface area contributed by atoms with E-state index in [0.717, 1.165) is 17.2 Å². The van der Waals surface area contributed by atoms with E-state index in [-0.39, 0.29) is 11.2 Å². The van der Waals surface area contributed by atoms with Crippen LogP contribution in [-0.2, 0) is 4.74 Å². The van der Waals surface area contributed by atoms with Gasteiger partial charge < -0.3 is 19.9 Å². The second kappa shape index (κ2) is 4.76. The minimum Gasteiger partial charge on any atom is -0.393 e. The third-order valence-corrected chi connectivity index (χ3v) is 3.70. The average molecular weight is 320 g/mol. The summed E-state index contributed by atoms with van der Waals surface area (Å²) in [6.07, 6.45) is -6.42.